The van der Waals surface area contributed by atoms with E-state index in [4.69, 9.17) is 23.8 Å². The quantitative estimate of drug-likeness (QED) is 0.321. The number of piperidine rings is 4. The van der Waals surface area contributed by atoms with E-state index in [0.29, 0.717) is 67.9 Å². The van der Waals surface area contributed by atoms with Crippen LogP contribution in [-0.4, -0.2) is 119 Å². The molecule has 6 aliphatic heterocycles. The molecule has 2 atom stereocenters. The van der Waals surface area contributed by atoms with E-state index in [0.717, 1.165) is 42.4 Å². The Morgan fingerprint density at radius 3 is 2.42 bits per heavy atom. The number of halogens is 1. The third-order valence-electron chi connectivity index (χ3n) is 11.2. The van der Waals surface area contributed by atoms with Crippen LogP contribution in [0, 0.1) is 18.3 Å². The number of nitrogens with two attached hydrogens (primary N) is 1. The van der Waals surface area contributed by atoms with Gasteiger partial charge in [-0.05, 0) is 74.0 Å². The standard InChI is InChI=1S/C36H45ClN8O3/c1-2-25-19-24(20-29(37)33(25)38)21-31(34(46)43-17-15-42(16-18-43)32-23-41-11-7-26(32)8-12-41)40-35(47)44-13-9-28(10-14-44)45-22-27-5-3-4-6-30(27)39-36(45)48/h1,3-6,19-20,26,28,31-32H,7-18,21-23,38H2,(H,39,48)(H,40,47)/t31-,32?/m1/s1. The summed E-state index contributed by atoms with van der Waals surface area (Å²) in [5.41, 5.74) is 9.54. The Labute approximate surface area is 287 Å². The highest BCUT2D eigenvalue weighted by Crippen LogP contribution is 2.32. The Morgan fingerprint density at radius 2 is 1.73 bits per heavy atom. The van der Waals surface area contributed by atoms with E-state index in [1.165, 1.54) is 25.9 Å². The van der Waals surface area contributed by atoms with Crippen LogP contribution >= 0.6 is 11.6 Å². The molecular weight excluding hydrogens is 628 g/mol. The molecule has 2 aromatic rings. The molecule has 11 nitrogen and oxygen atoms in total. The molecule has 254 valence electrons. The first-order valence-electron chi connectivity index (χ1n) is 17.3. The van der Waals surface area contributed by atoms with Gasteiger partial charge in [0.2, 0.25) is 5.91 Å². The number of urea groups is 2. The fourth-order valence-electron chi connectivity index (χ4n) is 8.33. The second-order valence-electron chi connectivity index (χ2n) is 13.9. The third-order valence-corrected chi connectivity index (χ3v) is 11.5. The lowest BCUT2D eigenvalue weighted by atomic mass is 9.83. The molecule has 6 heterocycles. The van der Waals surface area contributed by atoms with Gasteiger partial charge in [0.15, 0.2) is 0 Å². The molecule has 0 aliphatic carbocycles. The van der Waals surface area contributed by atoms with Crippen LogP contribution in [0.25, 0.3) is 0 Å². The molecule has 6 aliphatic rings. The number of hydrogen-bond donors (Lipinski definition) is 3. The minimum absolute atomic E-state index is 0.0198. The summed E-state index contributed by atoms with van der Waals surface area (Å²) in [5.74, 6) is 3.22. The van der Waals surface area contributed by atoms with Gasteiger partial charge in [0.1, 0.15) is 6.04 Å². The average molecular weight is 673 g/mol. The normalized spacial score (nSPS) is 25.2. The number of para-hydroxylation sites is 1. The molecule has 0 spiro atoms. The monoisotopic (exact) mass is 672 g/mol. The number of likely N-dealkylation sites (tertiary alicyclic amines) is 1. The number of nitrogens with zero attached hydrogens (tertiary/aromatic N) is 5. The van der Waals surface area contributed by atoms with Crippen molar-refractivity contribution in [3.63, 3.8) is 0 Å². The lowest BCUT2D eigenvalue weighted by Gasteiger charge is -2.51. The molecule has 2 aromatic carbocycles. The van der Waals surface area contributed by atoms with Gasteiger partial charge in [-0.2, -0.15) is 0 Å². The van der Waals surface area contributed by atoms with Crippen LogP contribution in [0.5, 0.6) is 0 Å². The van der Waals surface area contributed by atoms with Crippen LogP contribution in [0.1, 0.15) is 42.4 Å². The number of rotatable bonds is 6. The molecule has 0 radical (unpaired) electrons. The summed E-state index contributed by atoms with van der Waals surface area (Å²) < 4.78 is 0. The largest absolute Gasteiger partial charge is 0.397 e. The van der Waals surface area contributed by atoms with Gasteiger partial charge in [0, 0.05) is 82.1 Å². The molecule has 8 rings (SSSR count). The molecule has 12 heteroatoms. The van der Waals surface area contributed by atoms with E-state index >= 15 is 0 Å². The molecule has 5 fully saturated rings. The lowest BCUT2D eigenvalue weighted by molar-refractivity contribution is -0.136. The minimum Gasteiger partial charge on any atom is -0.397 e. The Kier molecular flexibility index (Phi) is 9.40. The smallest absolute Gasteiger partial charge is 0.322 e. The number of nitrogens with one attached hydrogen (secondary N) is 2. The fraction of sp³-hybridized carbons (Fsp3) is 0.528. The number of benzene rings is 2. The number of piperazine rings is 1. The minimum atomic E-state index is -0.798. The first-order valence-corrected chi connectivity index (χ1v) is 17.7. The maximum Gasteiger partial charge on any atom is 0.322 e. The zero-order chi connectivity index (χ0) is 33.4. The van der Waals surface area contributed by atoms with Crippen LogP contribution in [0.15, 0.2) is 36.4 Å². The number of carbonyl (C=O) groups excluding carboxylic acids is 3. The van der Waals surface area contributed by atoms with E-state index in [1.807, 2.05) is 34.1 Å². The number of carbonyl (C=O) groups is 3. The molecule has 5 saturated heterocycles. The Bertz CT molecular complexity index is 1590. The van der Waals surface area contributed by atoms with E-state index in [1.54, 1.807) is 17.0 Å². The molecule has 0 aromatic heterocycles. The van der Waals surface area contributed by atoms with Crippen molar-refractivity contribution >= 4 is 40.9 Å². The summed E-state index contributed by atoms with van der Waals surface area (Å²) in [7, 11) is 0. The highest BCUT2D eigenvalue weighted by Gasteiger charge is 2.40. The van der Waals surface area contributed by atoms with Crippen molar-refractivity contribution < 1.29 is 14.4 Å². The van der Waals surface area contributed by atoms with Crippen LogP contribution < -0.4 is 16.4 Å². The second kappa shape index (κ2) is 13.9. The number of terminal acetylenes is 1. The number of hydrogen-bond acceptors (Lipinski definition) is 6. The van der Waals surface area contributed by atoms with Crippen molar-refractivity contribution in [2.75, 3.05) is 70.0 Å². The fourth-order valence-corrected chi connectivity index (χ4v) is 8.57. The second-order valence-corrected chi connectivity index (χ2v) is 14.3. The first kappa shape index (κ1) is 32.6. The first-order chi connectivity index (χ1) is 23.3. The summed E-state index contributed by atoms with van der Waals surface area (Å²) in [6.07, 6.45) is 9.77. The van der Waals surface area contributed by atoms with E-state index < -0.39 is 6.04 Å². The van der Waals surface area contributed by atoms with Crippen molar-refractivity contribution in [3.8, 4) is 12.3 Å². The van der Waals surface area contributed by atoms with Crippen LogP contribution in [0.2, 0.25) is 5.02 Å². The highest BCUT2D eigenvalue weighted by atomic mass is 35.5. The Balaban J connectivity index is 1.01. The molecule has 0 saturated carbocycles. The van der Waals surface area contributed by atoms with E-state index in [2.05, 4.69) is 26.4 Å². The van der Waals surface area contributed by atoms with Crippen LogP contribution in [0.4, 0.5) is 21.0 Å². The predicted octanol–water partition coefficient (Wildman–Crippen LogP) is 3.27. The maximum atomic E-state index is 14.1. The maximum absolute atomic E-state index is 14.1. The summed E-state index contributed by atoms with van der Waals surface area (Å²) in [6, 6.07) is 10.7. The van der Waals surface area contributed by atoms with Crippen molar-refractivity contribution in [1.29, 1.82) is 0 Å². The highest BCUT2D eigenvalue weighted by molar-refractivity contribution is 6.33. The SMILES string of the molecule is C#Cc1cc(C[C@@H](NC(=O)N2CCC(N3Cc4ccccc4NC3=O)CC2)C(=O)N2CCN(C3CN4CCC3CC4)CC2)cc(Cl)c1N. The Hall–Kier alpha value is -3.98. The van der Waals surface area contributed by atoms with Crippen LogP contribution in [0.3, 0.4) is 0 Å². The van der Waals surface area contributed by atoms with Gasteiger partial charge in [-0.15, -0.1) is 6.42 Å². The number of nitrogen functional groups attached to an aromatic ring is 1. The molecule has 48 heavy (non-hydrogen) atoms. The third kappa shape index (κ3) is 6.66. The number of amides is 5. The van der Waals surface area contributed by atoms with Crippen molar-refractivity contribution in [2.45, 2.75) is 56.8 Å². The summed E-state index contributed by atoms with van der Waals surface area (Å²) >= 11 is 6.42. The predicted molar refractivity (Wildman–Crippen MR) is 187 cm³/mol. The molecule has 4 N–H and O–H groups in total. The van der Waals surface area contributed by atoms with Crippen molar-refractivity contribution in [2.24, 2.45) is 5.92 Å². The molecule has 1 unspecified atom stereocenters. The average Bonchev–Trinajstić information content (AvgIpc) is 3.12. The number of anilines is 2. The summed E-state index contributed by atoms with van der Waals surface area (Å²) in [4.78, 5) is 51.4. The lowest BCUT2D eigenvalue weighted by Crippen LogP contribution is -2.63. The van der Waals surface area contributed by atoms with Gasteiger partial charge < -0.3 is 36.0 Å². The zero-order valence-electron chi connectivity index (χ0n) is 27.4. The van der Waals surface area contributed by atoms with Crippen molar-refractivity contribution in [3.05, 3.63) is 58.1 Å². The van der Waals surface area contributed by atoms with Gasteiger partial charge in [0.25, 0.3) is 0 Å². The van der Waals surface area contributed by atoms with Crippen LogP contribution in [-0.2, 0) is 17.8 Å². The summed E-state index contributed by atoms with van der Waals surface area (Å²) in [5, 5.41) is 6.40. The van der Waals surface area contributed by atoms with E-state index in [9.17, 15) is 14.4 Å². The topological polar surface area (TPSA) is 117 Å². The number of fused-ring (bicyclic) bond motifs is 4. The molecule has 5 amide bonds. The molecular formula is C36H45ClN8O3. The summed E-state index contributed by atoms with van der Waals surface area (Å²) in [6.45, 7) is 7.96. The Morgan fingerprint density at radius 1 is 1.00 bits per heavy atom. The van der Waals surface area contributed by atoms with Crippen molar-refractivity contribution in [1.82, 2.24) is 29.8 Å². The van der Waals surface area contributed by atoms with Gasteiger partial charge in [0.05, 0.1) is 10.7 Å². The van der Waals surface area contributed by atoms with E-state index in [-0.39, 0.29) is 30.4 Å². The zero-order valence-corrected chi connectivity index (χ0v) is 28.1. The van der Waals surface area contributed by atoms with Gasteiger partial charge in [-0.1, -0.05) is 35.7 Å². The molecule has 2 bridgehead atoms. The van der Waals surface area contributed by atoms with Gasteiger partial charge in [-0.25, -0.2) is 9.59 Å². The van der Waals surface area contributed by atoms with Gasteiger partial charge in [-0.3, -0.25) is 9.69 Å². The van der Waals surface area contributed by atoms with Gasteiger partial charge >= 0.3 is 12.1 Å².